The summed E-state index contributed by atoms with van der Waals surface area (Å²) in [5.41, 5.74) is 2.17. The molecule has 1 fully saturated rings. The molecule has 2 aliphatic rings. The van der Waals surface area contributed by atoms with Crippen LogP contribution in [-0.2, 0) is 4.74 Å². The molecule has 0 bridgehead atoms. The fourth-order valence-electron chi connectivity index (χ4n) is 3.97. The number of piperidine rings is 1. The Hall–Kier alpha value is -2.71. The first-order chi connectivity index (χ1) is 14.2. The number of rotatable bonds is 3. The normalized spacial score (nSPS) is 17.6. The number of nitrogens with zero attached hydrogens (tertiary/aromatic N) is 5. The number of amides is 1. The summed E-state index contributed by atoms with van der Waals surface area (Å²) in [6, 6.07) is 0. The highest BCUT2D eigenvalue weighted by molar-refractivity contribution is 5.81. The molecule has 0 unspecified atom stereocenters. The van der Waals surface area contributed by atoms with E-state index in [4.69, 9.17) is 14.6 Å². The molecule has 1 saturated heterocycles. The van der Waals surface area contributed by atoms with Crippen molar-refractivity contribution >= 4 is 23.2 Å². The summed E-state index contributed by atoms with van der Waals surface area (Å²) in [5.74, 6) is 2.07. The number of aryl methyl sites for hydroxylation is 1. The Labute approximate surface area is 177 Å². The maximum atomic E-state index is 12.3. The zero-order valence-corrected chi connectivity index (χ0v) is 18.6. The van der Waals surface area contributed by atoms with Crippen LogP contribution in [0, 0.1) is 12.8 Å². The van der Waals surface area contributed by atoms with E-state index in [0.717, 1.165) is 67.6 Å². The number of ether oxygens (including phenoxy) is 2. The minimum absolute atomic E-state index is 0.218. The molecule has 4 rings (SSSR count). The van der Waals surface area contributed by atoms with Crippen molar-refractivity contribution in [3.05, 3.63) is 11.9 Å². The fourth-order valence-corrected chi connectivity index (χ4v) is 3.97. The first kappa shape index (κ1) is 20.6. The average Bonchev–Trinajstić information content (AvgIpc) is 3.05. The standard InChI is InChI=1S/C21H32N6O3/c1-14-13-27-19(23-14)17-16(25(5)10-11-29-17)18(24-27)22-12-15-6-8-26(9-7-15)20(28)30-21(2,3)4/h13,15H,6-12H2,1-5H3,(H,22,24). The first-order valence-corrected chi connectivity index (χ1v) is 10.7. The van der Waals surface area contributed by atoms with Crippen LogP contribution in [0.2, 0.25) is 0 Å². The number of fused-ring (bicyclic) bond motifs is 3. The Morgan fingerprint density at radius 1 is 1.30 bits per heavy atom. The van der Waals surface area contributed by atoms with Crippen LogP contribution in [-0.4, -0.2) is 71.0 Å². The molecule has 0 spiro atoms. The minimum Gasteiger partial charge on any atom is -0.486 e. The third-order valence-corrected chi connectivity index (χ3v) is 5.54. The maximum Gasteiger partial charge on any atom is 0.410 e. The van der Waals surface area contributed by atoms with Gasteiger partial charge in [0.25, 0.3) is 0 Å². The number of likely N-dealkylation sites (tertiary alicyclic amines) is 1. The summed E-state index contributed by atoms with van der Waals surface area (Å²) in [5, 5.41) is 8.31. The molecule has 9 heteroatoms. The van der Waals surface area contributed by atoms with Gasteiger partial charge in [-0.05, 0) is 46.5 Å². The third-order valence-electron chi connectivity index (χ3n) is 5.54. The van der Waals surface area contributed by atoms with Gasteiger partial charge in [-0.3, -0.25) is 0 Å². The quantitative estimate of drug-likeness (QED) is 0.823. The number of carbonyl (C=O) groups excluding carboxylic acids is 1. The van der Waals surface area contributed by atoms with Crippen LogP contribution >= 0.6 is 0 Å². The van der Waals surface area contributed by atoms with E-state index in [1.807, 2.05) is 38.8 Å². The van der Waals surface area contributed by atoms with Crippen molar-refractivity contribution in [1.82, 2.24) is 19.5 Å². The van der Waals surface area contributed by atoms with Crippen molar-refractivity contribution in [1.29, 1.82) is 0 Å². The van der Waals surface area contributed by atoms with Gasteiger partial charge in [0.15, 0.2) is 17.2 Å². The van der Waals surface area contributed by atoms with E-state index in [-0.39, 0.29) is 6.09 Å². The van der Waals surface area contributed by atoms with Gasteiger partial charge < -0.3 is 24.6 Å². The Kier molecular flexibility index (Phi) is 5.38. The van der Waals surface area contributed by atoms with Crippen LogP contribution in [0.15, 0.2) is 6.20 Å². The topological polar surface area (TPSA) is 84.2 Å². The fraction of sp³-hybridized carbons (Fsp3) is 0.667. The van der Waals surface area contributed by atoms with Crippen LogP contribution in [0.25, 0.3) is 5.65 Å². The molecule has 164 valence electrons. The van der Waals surface area contributed by atoms with E-state index in [0.29, 0.717) is 12.5 Å². The summed E-state index contributed by atoms with van der Waals surface area (Å²) in [6.45, 7) is 11.3. The van der Waals surface area contributed by atoms with Crippen molar-refractivity contribution in [3.8, 4) is 5.75 Å². The summed E-state index contributed by atoms with van der Waals surface area (Å²) in [6.07, 6.45) is 3.57. The molecular formula is C21H32N6O3. The van der Waals surface area contributed by atoms with Crippen molar-refractivity contribution in [3.63, 3.8) is 0 Å². The molecule has 0 atom stereocenters. The average molecular weight is 417 g/mol. The van der Waals surface area contributed by atoms with Gasteiger partial charge in [-0.2, -0.15) is 0 Å². The number of nitrogens with one attached hydrogen (secondary N) is 1. The molecule has 2 aromatic rings. The van der Waals surface area contributed by atoms with Crippen LogP contribution in [0.5, 0.6) is 5.75 Å². The van der Waals surface area contributed by atoms with Crippen molar-refractivity contribution in [2.45, 2.75) is 46.1 Å². The predicted molar refractivity (Wildman–Crippen MR) is 116 cm³/mol. The minimum atomic E-state index is -0.460. The number of anilines is 2. The molecule has 30 heavy (non-hydrogen) atoms. The Balaban J connectivity index is 1.42. The van der Waals surface area contributed by atoms with E-state index in [2.05, 4.69) is 22.2 Å². The van der Waals surface area contributed by atoms with E-state index < -0.39 is 5.60 Å². The molecule has 0 radical (unpaired) electrons. The van der Waals surface area contributed by atoms with Crippen LogP contribution in [0.3, 0.4) is 0 Å². The number of likely N-dealkylation sites (N-methyl/N-ethyl adjacent to an activating group) is 1. The van der Waals surface area contributed by atoms with Gasteiger partial charge in [0.05, 0.1) is 18.4 Å². The zero-order valence-electron chi connectivity index (χ0n) is 18.6. The molecule has 0 saturated carbocycles. The Bertz CT molecular complexity index is 927. The van der Waals surface area contributed by atoms with E-state index in [1.54, 1.807) is 4.52 Å². The maximum absolute atomic E-state index is 12.3. The second kappa shape index (κ2) is 7.85. The molecule has 0 aliphatic carbocycles. The number of imidazole rings is 1. The summed E-state index contributed by atoms with van der Waals surface area (Å²) in [7, 11) is 2.06. The van der Waals surface area contributed by atoms with Crippen molar-refractivity contribution < 1.29 is 14.3 Å². The largest absolute Gasteiger partial charge is 0.486 e. The molecule has 4 heterocycles. The predicted octanol–water partition coefficient (Wildman–Crippen LogP) is 2.93. The van der Waals surface area contributed by atoms with Crippen LogP contribution in [0.4, 0.5) is 16.3 Å². The molecule has 9 nitrogen and oxygen atoms in total. The highest BCUT2D eigenvalue weighted by Crippen LogP contribution is 2.39. The monoisotopic (exact) mass is 416 g/mol. The highest BCUT2D eigenvalue weighted by Gasteiger charge is 2.28. The van der Waals surface area contributed by atoms with E-state index in [1.165, 1.54) is 0 Å². The summed E-state index contributed by atoms with van der Waals surface area (Å²) in [4.78, 5) is 20.8. The Morgan fingerprint density at radius 3 is 2.73 bits per heavy atom. The van der Waals surface area contributed by atoms with Gasteiger partial charge in [-0.25, -0.2) is 14.3 Å². The summed E-state index contributed by atoms with van der Waals surface area (Å²) < 4.78 is 13.3. The van der Waals surface area contributed by atoms with E-state index >= 15 is 0 Å². The third kappa shape index (κ3) is 4.24. The van der Waals surface area contributed by atoms with Gasteiger partial charge in [-0.1, -0.05) is 0 Å². The lowest BCUT2D eigenvalue weighted by Gasteiger charge is -2.34. The van der Waals surface area contributed by atoms with Crippen molar-refractivity contribution in [2.75, 3.05) is 50.1 Å². The molecule has 2 aromatic heterocycles. The lowest BCUT2D eigenvalue weighted by atomic mass is 9.97. The lowest BCUT2D eigenvalue weighted by molar-refractivity contribution is 0.0188. The lowest BCUT2D eigenvalue weighted by Crippen LogP contribution is -2.42. The van der Waals surface area contributed by atoms with Gasteiger partial charge in [0.2, 0.25) is 0 Å². The highest BCUT2D eigenvalue weighted by atomic mass is 16.6. The van der Waals surface area contributed by atoms with Gasteiger partial charge in [-0.15, -0.1) is 5.10 Å². The van der Waals surface area contributed by atoms with Crippen LogP contribution in [0.1, 0.15) is 39.3 Å². The molecule has 1 N–H and O–H groups in total. The van der Waals surface area contributed by atoms with Gasteiger partial charge in [0.1, 0.15) is 17.9 Å². The molecule has 1 amide bonds. The number of hydrogen-bond acceptors (Lipinski definition) is 7. The SMILES string of the molecule is Cc1cn2nc(NCC3CCN(C(=O)OC(C)(C)C)CC3)c3c(c2n1)OCCN3C. The smallest absolute Gasteiger partial charge is 0.410 e. The van der Waals surface area contributed by atoms with Crippen molar-refractivity contribution in [2.24, 2.45) is 5.92 Å². The second-order valence-electron chi connectivity index (χ2n) is 9.24. The van der Waals surface area contributed by atoms with Crippen LogP contribution < -0.4 is 15.0 Å². The second-order valence-corrected chi connectivity index (χ2v) is 9.24. The first-order valence-electron chi connectivity index (χ1n) is 10.7. The van der Waals surface area contributed by atoms with Gasteiger partial charge in [0, 0.05) is 26.7 Å². The zero-order chi connectivity index (χ0) is 21.5. The van der Waals surface area contributed by atoms with Gasteiger partial charge >= 0.3 is 6.09 Å². The molecule has 0 aromatic carbocycles. The number of aromatic nitrogens is 3. The molecule has 2 aliphatic heterocycles. The summed E-state index contributed by atoms with van der Waals surface area (Å²) >= 11 is 0. The van der Waals surface area contributed by atoms with E-state index in [9.17, 15) is 4.79 Å². The Morgan fingerprint density at radius 2 is 2.03 bits per heavy atom. The number of hydrogen-bond donors (Lipinski definition) is 1. The molecular weight excluding hydrogens is 384 g/mol. The number of carbonyl (C=O) groups is 1.